The lowest BCUT2D eigenvalue weighted by Gasteiger charge is -2.57. The lowest BCUT2D eigenvalue weighted by Crippen LogP contribution is -2.64. The average molecular weight is 380 g/mol. The molecule has 5 heteroatoms. The monoisotopic (exact) mass is 379 g/mol. The van der Waals surface area contributed by atoms with E-state index in [0.717, 1.165) is 13.1 Å². The number of benzene rings is 1. The standard InChI is InChI=1S/C23H29N3O2/c24-14-17-8-10-18(11-9-17)15-26-16-19-4-2-12-25-13-3-5-20(23(19)25)21(26)6-1-7-22(27)28/h1,6,8-11,19-21,23H,2-5,7,12-13,15-16H2,(H,27,28)/b6-1+/t19-,20+,21+,23-/m0/s1. The first-order valence-corrected chi connectivity index (χ1v) is 10.5. The van der Waals surface area contributed by atoms with Crippen LogP contribution in [0.4, 0.5) is 0 Å². The number of carboxylic acid groups (broad SMARTS) is 1. The Balaban J connectivity index is 1.58. The van der Waals surface area contributed by atoms with Crippen molar-refractivity contribution in [2.24, 2.45) is 11.8 Å². The molecular formula is C23H29N3O2. The first-order chi connectivity index (χ1) is 13.7. The second-order valence-electron chi connectivity index (χ2n) is 8.49. The molecule has 0 aromatic heterocycles. The first-order valence-electron chi connectivity index (χ1n) is 10.5. The Morgan fingerprint density at radius 2 is 1.96 bits per heavy atom. The minimum absolute atomic E-state index is 0.0890. The van der Waals surface area contributed by atoms with Crippen LogP contribution in [0.25, 0.3) is 0 Å². The number of piperidine rings is 3. The third kappa shape index (κ3) is 3.99. The number of rotatable bonds is 5. The van der Waals surface area contributed by atoms with Gasteiger partial charge in [0, 0.05) is 25.2 Å². The molecule has 3 aliphatic rings. The van der Waals surface area contributed by atoms with Crippen LogP contribution in [0.5, 0.6) is 0 Å². The number of carbonyl (C=O) groups is 1. The van der Waals surface area contributed by atoms with Crippen LogP contribution >= 0.6 is 0 Å². The van der Waals surface area contributed by atoms with Gasteiger partial charge in [-0.15, -0.1) is 0 Å². The zero-order chi connectivity index (χ0) is 19.5. The minimum atomic E-state index is -0.772. The van der Waals surface area contributed by atoms with Crippen molar-refractivity contribution in [1.82, 2.24) is 9.80 Å². The van der Waals surface area contributed by atoms with E-state index in [1.165, 1.54) is 44.3 Å². The van der Waals surface area contributed by atoms with Crippen molar-refractivity contribution in [3.05, 3.63) is 47.5 Å². The highest BCUT2D eigenvalue weighted by Crippen LogP contribution is 2.42. The SMILES string of the molecule is N#Cc1ccc(CN2C[C@@H]3CCCN4CCC[C@@H]([C@H]34)[C@H]2/C=C/CC(=O)O)cc1. The third-order valence-electron chi connectivity index (χ3n) is 6.77. The molecule has 3 aliphatic heterocycles. The van der Waals surface area contributed by atoms with E-state index in [1.807, 2.05) is 18.2 Å². The summed E-state index contributed by atoms with van der Waals surface area (Å²) < 4.78 is 0. The van der Waals surface area contributed by atoms with Gasteiger partial charge < -0.3 is 5.11 Å². The van der Waals surface area contributed by atoms with Gasteiger partial charge in [0.25, 0.3) is 0 Å². The molecular weight excluding hydrogens is 350 g/mol. The van der Waals surface area contributed by atoms with Crippen LogP contribution in [0.2, 0.25) is 0 Å². The number of likely N-dealkylation sites (tertiary alicyclic amines) is 1. The van der Waals surface area contributed by atoms with Crippen LogP contribution in [0.3, 0.4) is 0 Å². The minimum Gasteiger partial charge on any atom is -0.481 e. The number of hydrogen-bond acceptors (Lipinski definition) is 4. The predicted octanol–water partition coefficient (Wildman–Crippen LogP) is 3.26. The maximum absolute atomic E-state index is 11.0. The van der Waals surface area contributed by atoms with Crippen molar-refractivity contribution in [2.45, 2.75) is 50.7 Å². The Morgan fingerprint density at radius 3 is 2.68 bits per heavy atom. The van der Waals surface area contributed by atoms with Gasteiger partial charge in [0.15, 0.2) is 0 Å². The fraction of sp³-hybridized carbons (Fsp3) is 0.565. The van der Waals surface area contributed by atoms with Crippen LogP contribution in [-0.2, 0) is 11.3 Å². The summed E-state index contributed by atoms with van der Waals surface area (Å²) in [5.41, 5.74) is 1.91. The van der Waals surface area contributed by atoms with E-state index in [2.05, 4.69) is 34.1 Å². The first kappa shape index (κ1) is 19.2. The fourth-order valence-electron chi connectivity index (χ4n) is 5.68. The highest BCUT2D eigenvalue weighted by molar-refractivity contribution is 5.68. The lowest BCUT2D eigenvalue weighted by molar-refractivity contribution is -0.136. The van der Waals surface area contributed by atoms with Crippen molar-refractivity contribution >= 4 is 5.97 Å². The summed E-state index contributed by atoms with van der Waals surface area (Å²) in [6.45, 7) is 4.37. The van der Waals surface area contributed by atoms with Crippen molar-refractivity contribution in [3.63, 3.8) is 0 Å². The van der Waals surface area contributed by atoms with E-state index >= 15 is 0 Å². The Bertz CT molecular complexity index is 765. The molecule has 3 fully saturated rings. The van der Waals surface area contributed by atoms with Crippen molar-refractivity contribution < 1.29 is 9.90 Å². The molecule has 4 rings (SSSR count). The molecule has 0 unspecified atom stereocenters. The molecule has 1 N–H and O–H groups in total. The quantitative estimate of drug-likeness (QED) is 0.796. The van der Waals surface area contributed by atoms with E-state index in [4.69, 9.17) is 10.4 Å². The number of hydrogen-bond donors (Lipinski definition) is 1. The van der Waals surface area contributed by atoms with Crippen LogP contribution < -0.4 is 0 Å². The molecule has 0 amide bonds. The zero-order valence-corrected chi connectivity index (χ0v) is 16.3. The number of carboxylic acids is 1. The lowest BCUT2D eigenvalue weighted by atomic mass is 9.69. The van der Waals surface area contributed by atoms with E-state index in [-0.39, 0.29) is 12.5 Å². The molecule has 0 spiro atoms. The molecule has 1 aromatic carbocycles. The number of nitrogens with zero attached hydrogens (tertiary/aromatic N) is 3. The van der Waals surface area contributed by atoms with Gasteiger partial charge in [-0.25, -0.2) is 0 Å². The summed E-state index contributed by atoms with van der Waals surface area (Å²) >= 11 is 0. The van der Waals surface area contributed by atoms with Gasteiger partial charge in [0.2, 0.25) is 0 Å². The molecule has 0 aliphatic carbocycles. The molecule has 3 heterocycles. The number of nitriles is 1. The maximum Gasteiger partial charge on any atom is 0.307 e. The summed E-state index contributed by atoms with van der Waals surface area (Å²) in [4.78, 5) is 16.3. The van der Waals surface area contributed by atoms with E-state index in [1.54, 1.807) is 0 Å². The second-order valence-corrected chi connectivity index (χ2v) is 8.49. The smallest absolute Gasteiger partial charge is 0.307 e. The molecule has 5 nitrogen and oxygen atoms in total. The van der Waals surface area contributed by atoms with Crippen molar-refractivity contribution in [1.29, 1.82) is 5.26 Å². The van der Waals surface area contributed by atoms with Gasteiger partial charge in [0.05, 0.1) is 18.1 Å². The van der Waals surface area contributed by atoms with Gasteiger partial charge in [0.1, 0.15) is 0 Å². The average Bonchev–Trinajstić information content (AvgIpc) is 2.71. The zero-order valence-electron chi connectivity index (χ0n) is 16.3. The van der Waals surface area contributed by atoms with E-state index in [9.17, 15) is 4.79 Å². The summed E-state index contributed by atoms with van der Waals surface area (Å²) in [7, 11) is 0. The Kier molecular flexibility index (Phi) is 5.79. The van der Waals surface area contributed by atoms with E-state index in [0.29, 0.717) is 23.4 Å². The van der Waals surface area contributed by atoms with Crippen LogP contribution in [0, 0.1) is 23.2 Å². The maximum atomic E-state index is 11.0. The van der Waals surface area contributed by atoms with Gasteiger partial charge >= 0.3 is 5.97 Å². The summed E-state index contributed by atoms with van der Waals surface area (Å²) in [6.07, 6.45) is 9.15. The molecule has 148 valence electrons. The van der Waals surface area contributed by atoms with Gasteiger partial charge in [-0.05, 0) is 68.3 Å². The van der Waals surface area contributed by atoms with Crippen molar-refractivity contribution in [2.75, 3.05) is 19.6 Å². The Hall–Kier alpha value is -2.16. The fourth-order valence-corrected chi connectivity index (χ4v) is 5.68. The van der Waals surface area contributed by atoms with Gasteiger partial charge in [-0.2, -0.15) is 5.26 Å². The molecule has 0 radical (unpaired) electrons. The summed E-state index contributed by atoms with van der Waals surface area (Å²) in [5, 5.41) is 18.1. The topological polar surface area (TPSA) is 67.6 Å². The van der Waals surface area contributed by atoms with E-state index < -0.39 is 5.97 Å². The molecule has 4 atom stereocenters. The highest BCUT2D eigenvalue weighted by Gasteiger charge is 2.47. The predicted molar refractivity (Wildman–Crippen MR) is 108 cm³/mol. The second kappa shape index (κ2) is 8.46. The molecule has 0 bridgehead atoms. The normalized spacial score (nSPS) is 30.7. The molecule has 0 saturated carbocycles. The van der Waals surface area contributed by atoms with Crippen LogP contribution in [-0.4, -0.2) is 52.6 Å². The Morgan fingerprint density at radius 1 is 1.21 bits per heavy atom. The van der Waals surface area contributed by atoms with Gasteiger partial charge in [-0.1, -0.05) is 24.3 Å². The van der Waals surface area contributed by atoms with Crippen LogP contribution in [0.1, 0.15) is 43.2 Å². The summed E-state index contributed by atoms with van der Waals surface area (Å²) in [5.74, 6) is 0.518. The van der Waals surface area contributed by atoms with Gasteiger partial charge in [-0.3, -0.25) is 14.6 Å². The molecule has 3 saturated heterocycles. The van der Waals surface area contributed by atoms with Crippen molar-refractivity contribution in [3.8, 4) is 6.07 Å². The summed E-state index contributed by atoms with van der Waals surface area (Å²) in [6, 6.07) is 11.0. The molecule has 1 aromatic rings. The third-order valence-corrected chi connectivity index (χ3v) is 6.77. The number of aliphatic carboxylic acids is 1. The molecule has 28 heavy (non-hydrogen) atoms. The Labute approximate surface area is 167 Å². The highest BCUT2D eigenvalue weighted by atomic mass is 16.4. The van der Waals surface area contributed by atoms with Crippen LogP contribution in [0.15, 0.2) is 36.4 Å². The largest absolute Gasteiger partial charge is 0.481 e.